The van der Waals surface area contributed by atoms with Crippen LogP contribution in [0, 0.1) is 11.8 Å². The summed E-state index contributed by atoms with van der Waals surface area (Å²) < 4.78 is 9.53. The first-order valence-corrected chi connectivity index (χ1v) is 21.1. The van der Waals surface area contributed by atoms with Crippen LogP contribution in [0.1, 0.15) is 77.1 Å². The second-order valence-electron chi connectivity index (χ2n) is 16.5. The number of alkyl carbamates (subject to hydrolysis) is 2. The van der Waals surface area contributed by atoms with Gasteiger partial charge in [0.2, 0.25) is 11.8 Å². The SMILES string of the molecule is COC(=O)NC(C(=O)N1CCC[C@H]1c1ncc(-c2ccc(N3CCN(c4ccc(-c5cnc([C@@H]6CCCN6C(=O)[C@@H](NC(=O)OC)C(C)C)[nH]5)cc4)CC3)cc2)[nH]1)C(C)C. The van der Waals surface area contributed by atoms with Gasteiger partial charge in [0, 0.05) is 50.6 Å². The zero-order valence-corrected chi connectivity index (χ0v) is 35.4. The molecule has 2 aromatic heterocycles. The number of benzene rings is 2. The first-order valence-electron chi connectivity index (χ1n) is 21.1. The van der Waals surface area contributed by atoms with E-state index in [4.69, 9.17) is 19.4 Å². The van der Waals surface area contributed by atoms with Crippen molar-refractivity contribution in [3.63, 3.8) is 0 Å². The van der Waals surface area contributed by atoms with E-state index in [1.165, 1.54) is 14.2 Å². The Bertz CT molecular complexity index is 1960. The second-order valence-corrected chi connectivity index (χ2v) is 16.5. The summed E-state index contributed by atoms with van der Waals surface area (Å²) in [6.07, 6.45) is 5.74. The summed E-state index contributed by atoms with van der Waals surface area (Å²) in [5, 5.41) is 5.41. The van der Waals surface area contributed by atoms with Gasteiger partial charge < -0.3 is 49.7 Å². The molecule has 4 amide bonds. The molecule has 0 aliphatic carbocycles. The van der Waals surface area contributed by atoms with Gasteiger partial charge in [0.15, 0.2) is 0 Å². The molecule has 60 heavy (non-hydrogen) atoms. The molecule has 4 aromatic rings. The lowest BCUT2D eigenvalue weighted by molar-refractivity contribution is -0.136. The fourth-order valence-corrected chi connectivity index (χ4v) is 8.62. The van der Waals surface area contributed by atoms with E-state index in [1.807, 2.05) is 49.9 Å². The van der Waals surface area contributed by atoms with Crippen LogP contribution in [0.15, 0.2) is 60.9 Å². The number of aromatic amines is 2. The summed E-state index contributed by atoms with van der Waals surface area (Å²) in [5.41, 5.74) is 6.15. The molecule has 3 saturated heterocycles. The van der Waals surface area contributed by atoms with Crippen molar-refractivity contribution in [2.75, 3.05) is 63.3 Å². The zero-order valence-electron chi connectivity index (χ0n) is 35.4. The van der Waals surface area contributed by atoms with Crippen molar-refractivity contribution in [1.29, 1.82) is 0 Å². The van der Waals surface area contributed by atoms with Crippen molar-refractivity contribution < 1.29 is 28.7 Å². The van der Waals surface area contributed by atoms with Crippen molar-refractivity contribution in [3.8, 4) is 22.5 Å². The molecule has 16 nitrogen and oxygen atoms in total. The van der Waals surface area contributed by atoms with E-state index >= 15 is 0 Å². The smallest absolute Gasteiger partial charge is 0.407 e. The van der Waals surface area contributed by atoms with Gasteiger partial charge >= 0.3 is 12.2 Å². The largest absolute Gasteiger partial charge is 0.453 e. The fraction of sp³-hybridized carbons (Fsp3) is 0.500. The van der Waals surface area contributed by atoms with E-state index in [0.717, 1.165) is 97.4 Å². The Morgan fingerprint density at radius 1 is 0.600 bits per heavy atom. The van der Waals surface area contributed by atoms with E-state index in [9.17, 15) is 19.2 Å². The quantitative estimate of drug-likeness (QED) is 0.135. The number of nitrogens with one attached hydrogen (secondary N) is 4. The Morgan fingerprint density at radius 3 is 1.30 bits per heavy atom. The lowest BCUT2D eigenvalue weighted by Gasteiger charge is -2.37. The minimum atomic E-state index is -0.677. The summed E-state index contributed by atoms with van der Waals surface area (Å²) in [6.45, 7) is 12.4. The normalized spacial score (nSPS) is 19.1. The van der Waals surface area contributed by atoms with E-state index in [2.05, 4.69) is 78.9 Å². The average molecular weight is 823 g/mol. The van der Waals surface area contributed by atoms with Gasteiger partial charge in [-0.05, 0) is 72.9 Å². The van der Waals surface area contributed by atoms with Crippen LogP contribution in [0.3, 0.4) is 0 Å². The highest BCUT2D eigenvalue weighted by Gasteiger charge is 2.39. The molecule has 0 bridgehead atoms. The molecule has 1 unspecified atom stereocenters. The number of rotatable bonds is 12. The molecular formula is C44H58N10O6. The predicted molar refractivity (Wildman–Crippen MR) is 228 cm³/mol. The maximum atomic E-state index is 13.6. The third kappa shape index (κ3) is 9.06. The van der Waals surface area contributed by atoms with Gasteiger partial charge in [-0.25, -0.2) is 19.6 Å². The predicted octanol–water partition coefficient (Wildman–Crippen LogP) is 5.88. The molecule has 5 heterocycles. The topological polar surface area (TPSA) is 181 Å². The number of H-pyrrole nitrogens is 2. The number of methoxy groups -OCH3 is 2. The van der Waals surface area contributed by atoms with Crippen LogP contribution >= 0.6 is 0 Å². The number of hydrogen-bond acceptors (Lipinski definition) is 10. The number of piperazine rings is 1. The molecular weight excluding hydrogens is 765 g/mol. The van der Waals surface area contributed by atoms with Gasteiger partial charge in [-0.1, -0.05) is 52.0 Å². The number of likely N-dealkylation sites (tertiary alicyclic amines) is 2. The first-order chi connectivity index (χ1) is 28.9. The van der Waals surface area contributed by atoms with Crippen LogP contribution in [0.2, 0.25) is 0 Å². The van der Waals surface area contributed by atoms with Gasteiger partial charge in [0.1, 0.15) is 23.7 Å². The van der Waals surface area contributed by atoms with Gasteiger partial charge in [0.25, 0.3) is 0 Å². The van der Waals surface area contributed by atoms with Crippen molar-refractivity contribution in [1.82, 2.24) is 40.4 Å². The standard InChI is InChI=1S/C44H58N10O6/c1-27(2)37(49-43(57)59-5)41(55)53-19-7-9-35(53)39-45-25-33(47-39)29-11-15-31(16-12-29)51-21-23-52(24-22-51)32-17-13-30(14-18-32)34-26-46-40(48-34)36-10-8-20-54(36)42(56)38(28(3)4)50-44(58)60-6/h11-18,25-28,35-38H,7-10,19-24H2,1-6H3,(H,45,47)(H,46,48)(H,49,57)(H,50,58)/t35-,36-,37-,38?/m0/s1. The Kier molecular flexibility index (Phi) is 13.0. The summed E-state index contributed by atoms with van der Waals surface area (Å²) in [5.74, 6) is 1.05. The summed E-state index contributed by atoms with van der Waals surface area (Å²) >= 11 is 0. The minimum Gasteiger partial charge on any atom is -0.453 e. The molecule has 0 radical (unpaired) electrons. The van der Waals surface area contributed by atoms with Crippen LogP contribution in [-0.4, -0.2) is 119 Å². The Morgan fingerprint density at radius 2 is 0.967 bits per heavy atom. The summed E-state index contributed by atoms with van der Waals surface area (Å²) in [6, 6.07) is 15.3. The number of anilines is 2. The molecule has 3 aliphatic heterocycles. The molecule has 4 atom stereocenters. The zero-order chi connectivity index (χ0) is 42.5. The average Bonchev–Trinajstić information content (AvgIpc) is 4.11. The van der Waals surface area contributed by atoms with Crippen molar-refractivity contribution in [2.45, 2.75) is 77.5 Å². The van der Waals surface area contributed by atoms with Gasteiger partial charge in [-0.3, -0.25) is 9.59 Å². The first kappa shape index (κ1) is 42.1. The summed E-state index contributed by atoms with van der Waals surface area (Å²) in [4.78, 5) is 75.8. The molecule has 3 fully saturated rings. The highest BCUT2D eigenvalue weighted by atomic mass is 16.5. The number of amides is 4. The minimum absolute atomic E-state index is 0.0954. The van der Waals surface area contributed by atoms with Crippen molar-refractivity contribution in [2.24, 2.45) is 11.8 Å². The molecule has 2 aromatic carbocycles. The highest BCUT2D eigenvalue weighted by molar-refractivity contribution is 5.87. The van der Waals surface area contributed by atoms with Crippen LogP contribution in [0.4, 0.5) is 21.0 Å². The third-order valence-corrected chi connectivity index (χ3v) is 12.0. The number of carbonyl (C=O) groups is 4. The Labute approximate surface area is 351 Å². The van der Waals surface area contributed by atoms with Crippen molar-refractivity contribution in [3.05, 3.63) is 72.6 Å². The van der Waals surface area contributed by atoms with Gasteiger partial charge in [0.05, 0.1) is 50.1 Å². The monoisotopic (exact) mass is 822 g/mol. The van der Waals surface area contributed by atoms with E-state index in [1.54, 1.807) is 0 Å². The number of hydrogen-bond donors (Lipinski definition) is 4. The van der Waals surface area contributed by atoms with E-state index in [0.29, 0.717) is 13.1 Å². The number of ether oxygens (including phenoxy) is 2. The van der Waals surface area contributed by atoms with E-state index < -0.39 is 24.3 Å². The lowest BCUT2D eigenvalue weighted by Crippen LogP contribution is -2.51. The second kappa shape index (κ2) is 18.5. The number of carbonyl (C=O) groups excluding carboxylic acids is 4. The molecule has 16 heteroatoms. The maximum Gasteiger partial charge on any atom is 0.407 e. The number of aromatic nitrogens is 4. The highest BCUT2D eigenvalue weighted by Crippen LogP contribution is 2.35. The van der Waals surface area contributed by atoms with Crippen LogP contribution in [0.25, 0.3) is 22.5 Å². The Hall–Kier alpha value is -6.06. The molecule has 7 rings (SSSR count). The molecule has 320 valence electrons. The molecule has 3 aliphatic rings. The van der Waals surface area contributed by atoms with Crippen LogP contribution in [0.5, 0.6) is 0 Å². The molecule has 0 saturated carbocycles. The molecule has 4 N–H and O–H groups in total. The molecule has 0 spiro atoms. The maximum absolute atomic E-state index is 13.6. The van der Waals surface area contributed by atoms with Crippen molar-refractivity contribution >= 4 is 35.4 Å². The number of nitrogens with zero attached hydrogens (tertiary/aromatic N) is 6. The number of imidazole rings is 2. The van der Waals surface area contributed by atoms with Crippen LogP contribution in [-0.2, 0) is 19.1 Å². The summed E-state index contributed by atoms with van der Waals surface area (Å²) in [7, 11) is 2.59. The lowest BCUT2D eigenvalue weighted by atomic mass is 10.0. The van der Waals surface area contributed by atoms with E-state index in [-0.39, 0.29) is 35.7 Å². The van der Waals surface area contributed by atoms with Gasteiger partial charge in [-0.15, -0.1) is 0 Å². The van der Waals surface area contributed by atoms with Crippen LogP contribution < -0.4 is 20.4 Å². The third-order valence-electron chi connectivity index (χ3n) is 12.0. The Balaban J connectivity index is 0.927. The van der Waals surface area contributed by atoms with Gasteiger partial charge in [-0.2, -0.15) is 0 Å². The fourth-order valence-electron chi connectivity index (χ4n) is 8.62.